The Balaban J connectivity index is 1.65. The fourth-order valence-corrected chi connectivity index (χ4v) is 3.67. The number of likely N-dealkylation sites (tertiary alicyclic amines) is 1. The van der Waals surface area contributed by atoms with Crippen LogP contribution in [0.25, 0.3) is 0 Å². The van der Waals surface area contributed by atoms with E-state index in [1.165, 1.54) is 6.42 Å². The molecule has 0 aromatic heterocycles. The van der Waals surface area contributed by atoms with Crippen molar-refractivity contribution in [1.29, 1.82) is 0 Å². The molecule has 0 radical (unpaired) electrons. The molecule has 2 saturated heterocycles. The van der Waals surface area contributed by atoms with Crippen LogP contribution in [-0.4, -0.2) is 49.7 Å². The summed E-state index contributed by atoms with van der Waals surface area (Å²) in [7, 11) is 0. The summed E-state index contributed by atoms with van der Waals surface area (Å²) in [6.45, 7) is 5.27. The zero-order chi connectivity index (χ0) is 12.6. The van der Waals surface area contributed by atoms with Gasteiger partial charge in [-0.2, -0.15) is 0 Å². The Labute approximate surface area is 107 Å². The standard InChI is InChI=1S/C13H21NO4/c1-2-16-12(15)14-8-10-5-11(9-14)7-13(6-10)17-3-4-18-13/h10-11H,2-9H2,1H3. The number of carbonyl (C=O) groups is 1. The van der Waals surface area contributed by atoms with E-state index in [0.717, 1.165) is 25.9 Å². The molecule has 3 aliphatic rings. The highest BCUT2D eigenvalue weighted by Crippen LogP contribution is 2.44. The second-order valence-corrected chi connectivity index (χ2v) is 5.59. The van der Waals surface area contributed by atoms with E-state index in [1.54, 1.807) is 0 Å². The van der Waals surface area contributed by atoms with E-state index in [-0.39, 0.29) is 11.9 Å². The van der Waals surface area contributed by atoms with Crippen molar-refractivity contribution in [2.75, 3.05) is 32.9 Å². The summed E-state index contributed by atoms with van der Waals surface area (Å²) in [4.78, 5) is 13.6. The Morgan fingerprint density at radius 1 is 1.28 bits per heavy atom. The number of amides is 1. The topological polar surface area (TPSA) is 48.0 Å². The van der Waals surface area contributed by atoms with Crippen molar-refractivity contribution >= 4 is 6.09 Å². The fraction of sp³-hybridized carbons (Fsp3) is 0.923. The second-order valence-electron chi connectivity index (χ2n) is 5.59. The molecule has 2 atom stereocenters. The number of ether oxygens (including phenoxy) is 3. The lowest BCUT2D eigenvalue weighted by Gasteiger charge is -2.47. The molecule has 2 aliphatic heterocycles. The van der Waals surface area contributed by atoms with Gasteiger partial charge in [0.1, 0.15) is 0 Å². The largest absolute Gasteiger partial charge is 0.450 e. The number of hydrogen-bond donors (Lipinski definition) is 0. The molecule has 5 heteroatoms. The Kier molecular flexibility index (Phi) is 3.20. The van der Waals surface area contributed by atoms with E-state index in [1.807, 2.05) is 11.8 Å². The molecule has 18 heavy (non-hydrogen) atoms. The highest BCUT2D eigenvalue weighted by Gasteiger charge is 2.48. The van der Waals surface area contributed by atoms with Gasteiger partial charge in [0, 0.05) is 25.9 Å². The number of fused-ring (bicyclic) bond motifs is 2. The summed E-state index contributed by atoms with van der Waals surface area (Å²) >= 11 is 0. The third kappa shape index (κ3) is 2.21. The zero-order valence-corrected chi connectivity index (χ0v) is 10.9. The first-order chi connectivity index (χ1) is 8.71. The highest BCUT2D eigenvalue weighted by atomic mass is 16.7. The quantitative estimate of drug-likeness (QED) is 0.714. The van der Waals surface area contributed by atoms with Crippen molar-refractivity contribution in [3.8, 4) is 0 Å². The Morgan fingerprint density at radius 2 is 1.89 bits per heavy atom. The molecule has 0 aromatic rings. The molecule has 1 amide bonds. The van der Waals surface area contributed by atoms with Crippen LogP contribution in [0.4, 0.5) is 4.79 Å². The van der Waals surface area contributed by atoms with Crippen molar-refractivity contribution in [3.63, 3.8) is 0 Å². The van der Waals surface area contributed by atoms with Crippen molar-refractivity contribution in [2.45, 2.75) is 32.0 Å². The molecule has 2 bridgehead atoms. The molecule has 2 heterocycles. The Hall–Kier alpha value is -0.810. The number of piperidine rings is 1. The first kappa shape index (κ1) is 12.2. The summed E-state index contributed by atoms with van der Waals surface area (Å²) in [6, 6.07) is 0. The predicted molar refractivity (Wildman–Crippen MR) is 64.1 cm³/mol. The van der Waals surface area contributed by atoms with Gasteiger partial charge in [0.25, 0.3) is 0 Å². The molecular weight excluding hydrogens is 234 g/mol. The molecule has 5 nitrogen and oxygen atoms in total. The van der Waals surface area contributed by atoms with Crippen molar-refractivity contribution < 1.29 is 19.0 Å². The third-order valence-corrected chi connectivity index (χ3v) is 4.16. The van der Waals surface area contributed by atoms with Crippen LogP contribution in [0.3, 0.4) is 0 Å². The summed E-state index contributed by atoms with van der Waals surface area (Å²) in [5.74, 6) is 0.633. The minimum atomic E-state index is -0.339. The van der Waals surface area contributed by atoms with Gasteiger partial charge in [0.15, 0.2) is 5.79 Å². The van der Waals surface area contributed by atoms with E-state index >= 15 is 0 Å². The molecule has 102 valence electrons. The molecule has 3 fully saturated rings. The third-order valence-electron chi connectivity index (χ3n) is 4.16. The van der Waals surface area contributed by atoms with Gasteiger partial charge in [0.2, 0.25) is 0 Å². The van der Waals surface area contributed by atoms with Gasteiger partial charge in [-0.05, 0) is 25.2 Å². The average Bonchev–Trinajstić information content (AvgIpc) is 2.76. The lowest BCUT2D eigenvalue weighted by Crippen LogP contribution is -2.52. The minimum absolute atomic E-state index is 0.170. The summed E-state index contributed by atoms with van der Waals surface area (Å²) in [5.41, 5.74) is 0. The normalized spacial score (nSPS) is 33.7. The molecule has 1 spiro atoms. The van der Waals surface area contributed by atoms with Crippen LogP contribution in [0.15, 0.2) is 0 Å². The maximum atomic E-state index is 11.8. The number of nitrogens with zero attached hydrogens (tertiary/aromatic N) is 1. The lowest BCUT2D eigenvalue weighted by atomic mass is 9.74. The van der Waals surface area contributed by atoms with E-state index in [9.17, 15) is 4.79 Å². The van der Waals surface area contributed by atoms with Crippen LogP contribution >= 0.6 is 0 Å². The fourth-order valence-electron chi connectivity index (χ4n) is 3.67. The molecule has 0 N–H and O–H groups in total. The average molecular weight is 255 g/mol. The van der Waals surface area contributed by atoms with E-state index in [0.29, 0.717) is 31.7 Å². The first-order valence-corrected chi connectivity index (χ1v) is 6.90. The van der Waals surface area contributed by atoms with Gasteiger partial charge >= 0.3 is 6.09 Å². The maximum Gasteiger partial charge on any atom is 0.409 e. The van der Waals surface area contributed by atoms with Crippen molar-refractivity contribution in [2.24, 2.45) is 11.8 Å². The molecular formula is C13H21NO4. The van der Waals surface area contributed by atoms with Crippen molar-refractivity contribution in [1.82, 2.24) is 4.90 Å². The van der Waals surface area contributed by atoms with E-state index in [2.05, 4.69) is 0 Å². The first-order valence-electron chi connectivity index (χ1n) is 6.90. The molecule has 2 unspecified atom stereocenters. The monoisotopic (exact) mass is 255 g/mol. The van der Waals surface area contributed by atoms with Crippen LogP contribution in [-0.2, 0) is 14.2 Å². The van der Waals surface area contributed by atoms with Gasteiger partial charge in [0.05, 0.1) is 19.8 Å². The second kappa shape index (κ2) is 4.70. The highest BCUT2D eigenvalue weighted by molar-refractivity contribution is 5.67. The molecule has 1 aliphatic carbocycles. The van der Waals surface area contributed by atoms with Crippen LogP contribution in [0.2, 0.25) is 0 Å². The lowest BCUT2D eigenvalue weighted by molar-refractivity contribution is -0.206. The number of carbonyl (C=O) groups excluding carboxylic acids is 1. The SMILES string of the molecule is CCOC(=O)N1CC2CC(C1)CC1(C2)OCCO1. The summed E-state index contributed by atoms with van der Waals surface area (Å²) in [6.07, 6.45) is 2.85. The van der Waals surface area contributed by atoms with Gasteiger partial charge in [-0.15, -0.1) is 0 Å². The van der Waals surface area contributed by atoms with Crippen molar-refractivity contribution in [3.05, 3.63) is 0 Å². The van der Waals surface area contributed by atoms with Gasteiger partial charge in [-0.1, -0.05) is 0 Å². The molecule has 1 saturated carbocycles. The van der Waals surface area contributed by atoms with E-state index < -0.39 is 0 Å². The number of hydrogen-bond acceptors (Lipinski definition) is 4. The minimum Gasteiger partial charge on any atom is -0.450 e. The van der Waals surface area contributed by atoms with Gasteiger partial charge < -0.3 is 19.1 Å². The molecule has 0 aromatic carbocycles. The Morgan fingerprint density at radius 3 is 2.44 bits per heavy atom. The van der Waals surface area contributed by atoms with Crippen LogP contribution in [0.5, 0.6) is 0 Å². The van der Waals surface area contributed by atoms with Gasteiger partial charge in [-0.25, -0.2) is 4.79 Å². The van der Waals surface area contributed by atoms with Crippen LogP contribution in [0, 0.1) is 11.8 Å². The smallest absolute Gasteiger partial charge is 0.409 e. The van der Waals surface area contributed by atoms with Crippen LogP contribution < -0.4 is 0 Å². The Bertz CT molecular complexity index is 311. The van der Waals surface area contributed by atoms with Gasteiger partial charge in [-0.3, -0.25) is 0 Å². The molecule has 3 rings (SSSR count). The zero-order valence-electron chi connectivity index (χ0n) is 10.9. The summed E-state index contributed by atoms with van der Waals surface area (Å²) < 4.78 is 16.7. The van der Waals surface area contributed by atoms with E-state index in [4.69, 9.17) is 14.2 Å². The maximum absolute atomic E-state index is 11.8. The van der Waals surface area contributed by atoms with Crippen LogP contribution in [0.1, 0.15) is 26.2 Å². The predicted octanol–water partition coefficient (Wildman–Crippen LogP) is 1.62. The summed E-state index contributed by atoms with van der Waals surface area (Å²) in [5, 5.41) is 0. The number of rotatable bonds is 1.